The second-order valence-corrected chi connectivity index (χ2v) is 7.96. The number of Topliss-reactive ketones (excluding diaryl/α,β-unsaturated/α-hetero) is 1. The Labute approximate surface area is 173 Å². The van der Waals surface area contributed by atoms with Crippen LogP contribution in [0.1, 0.15) is 22.8 Å². The molecule has 0 saturated heterocycles. The summed E-state index contributed by atoms with van der Waals surface area (Å²) in [5, 5.41) is 23.1. The summed E-state index contributed by atoms with van der Waals surface area (Å²) in [6.07, 6.45) is -1.42. The van der Waals surface area contributed by atoms with E-state index in [-0.39, 0.29) is 17.5 Å². The number of aromatic hydroxyl groups is 1. The fourth-order valence-corrected chi connectivity index (χ4v) is 2.27. The molecule has 2 N–H and O–H groups in total. The summed E-state index contributed by atoms with van der Waals surface area (Å²) < 4.78 is 7.36. The molecular weight excluding hydrogens is 443 g/mol. The zero-order valence-corrected chi connectivity index (χ0v) is 16.8. The monoisotopic (exact) mass is 456 g/mol. The van der Waals surface area contributed by atoms with Gasteiger partial charge in [-0.25, -0.2) is 9.59 Å². The lowest BCUT2D eigenvalue weighted by atomic mass is 10.00. The highest BCUT2D eigenvalue weighted by Gasteiger charge is 2.28. The number of rotatable bonds is 7. The van der Waals surface area contributed by atoms with Crippen LogP contribution in [0.5, 0.6) is 5.75 Å². The predicted octanol–water partition coefficient (Wildman–Crippen LogP) is 2.68. The summed E-state index contributed by atoms with van der Waals surface area (Å²) in [6.45, 7) is 0.503. The second-order valence-electron chi connectivity index (χ2n) is 5.44. The summed E-state index contributed by atoms with van der Waals surface area (Å²) >= 11 is 16.4. The Morgan fingerprint density at radius 3 is 2.39 bits per heavy atom. The number of alkyl halides is 3. The standard InChI is InChI=1S/C15H15Cl3N2O8/c1-7(21)9-3-8(5-11(12(9)22)20(25)26)4-10(13(23)27-2)19-14(24)28-6-15(16,17)18/h3,5,10,22H,4,6H2,1-2H3,(H,19,24)/t10-/m0/s1. The fraction of sp³-hybridized carbons (Fsp3) is 0.400. The van der Waals surface area contributed by atoms with Crippen LogP contribution in [0.25, 0.3) is 0 Å². The predicted molar refractivity (Wildman–Crippen MR) is 99.0 cm³/mol. The van der Waals surface area contributed by atoms with Crippen LogP contribution >= 0.6 is 34.8 Å². The van der Waals surface area contributed by atoms with Crippen molar-refractivity contribution in [1.82, 2.24) is 5.32 Å². The smallest absolute Gasteiger partial charge is 0.408 e. The number of alkyl carbamates (subject to hydrolysis) is 1. The lowest BCUT2D eigenvalue weighted by molar-refractivity contribution is -0.385. The third-order valence-corrected chi connectivity index (χ3v) is 3.64. The minimum atomic E-state index is -1.87. The van der Waals surface area contributed by atoms with E-state index in [2.05, 4.69) is 14.8 Å². The molecule has 1 aromatic rings. The van der Waals surface area contributed by atoms with Crippen LogP contribution in [0.2, 0.25) is 0 Å². The number of halogens is 3. The maximum atomic E-state index is 11.9. The van der Waals surface area contributed by atoms with E-state index >= 15 is 0 Å². The molecule has 0 aliphatic heterocycles. The van der Waals surface area contributed by atoms with Crippen molar-refractivity contribution in [1.29, 1.82) is 0 Å². The van der Waals surface area contributed by atoms with Crippen molar-refractivity contribution in [2.24, 2.45) is 0 Å². The first-order valence-electron chi connectivity index (χ1n) is 7.44. The molecular formula is C15H15Cl3N2O8. The number of methoxy groups -OCH3 is 1. The molecule has 13 heteroatoms. The number of nitrogens with one attached hydrogen (secondary N) is 1. The van der Waals surface area contributed by atoms with Crippen LogP contribution in [0.4, 0.5) is 10.5 Å². The van der Waals surface area contributed by atoms with Crippen molar-refractivity contribution < 1.29 is 33.9 Å². The molecule has 0 radical (unpaired) electrons. The molecule has 1 atom stereocenters. The van der Waals surface area contributed by atoms with Gasteiger partial charge in [0.2, 0.25) is 9.54 Å². The maximum Gasteiger partial charge on any atom is 0.408 e. The van der Waals surface area contributed by atoms with Gasteiger partial charge in [0.1, 0.15) is 12.6 Å². The van der Waals surface area contributed by atoms with Crippen LogP contribution in [-0.2, 0) is 20.7 Å². The van der Waals surface area contributed by atoms with Gasteiger partial charge >= 0.3 is 17.7 Å². The van der Waals surface area contributed by atoms with Crippen LogP contribution in [0.3, 0.4) is 0 Å². The van der Waals surface area contributed by atoms with Gasteiger partial charge in [0.05, 0.1) is 17.6 Å². The first kappa shape index (κ1) is 23.7. The molecule has 0 heterocycles. The molecule has 10 nitrogen and oxygen atoms in total. The molecule has 1 rings (SSSR count). The number of hydrogen-bond donors (Lipinski definition) is 2. The summed E-state index contributed by atoms with van der Waals surface area (Å²) in [6, 6.07) is 0.790. The van der Waals surface area contributed by atoms with Crippen LogP contribution in [0, 0.1) is 10.1 Å². The Balaban J connectivity index is 3.13. The topological polar surface area (TPSA) is 145 Å². The molecule has 0 aromatic heterocycles. The van der Waals surface area contributed by atoms with E-state index in [4.69, 9.17) is 34.8 Å². The average Bonchev–Trinajstić information content (AvgIpc) is 2.58. The van der Waals surface area contributed by atoms with E-state index in [1.807, 2.05) is 0 Å². The molecule has 0 aliphatic carbocycles. The number of benzene rings is 1. The molecule has 0 unspecified atom stereocenters. The molecule has 28 heavy (non-hydrogen) atoms. The van der Waals surface area contributed by atoms with Gasteiger partial charge in [-0.2, -0.15) is 0 Å². The van der Waals surface area contributed by atoms with E-state index in [9.17, 15) is 29.6 Å². The number of nitro benzene ring substituents is 1. The lowest BCUT2D eigenvalue weighted by Gasteiger charge is -2.18. The van der Waals surface area contributed by atoms with Crippen molar-refractivity contribution in [2.45, 2.75) is 23.2 Å². The minimum absolute atomic E-state index is 0.103. The highest BCUT2D eigenvalue weighted by molar-refractivity contribution is 6.67. The van der Waals surface area contributed by atoms with Gasteiger partial charge in [-0.1, -0.05) is 34.8 Å². The number of phenolic OH excluding ortho intramolecular Hbond substituents is 1. The first-order valence-corrected chi connectivity index (χ1v) is 8.58. The number of carbonyl (C=O) groups is 3. The van der Waals surface area contributed by atoms with Crippen molar-refractivity contribution in [3.8, 4) is 5.75 Å². The number of nitrogens with zero attached hydrogens (tertiary/aromatic N) is 1. The van der Waals surface area contributed by atoms with Gasteiger partial charge < -0.3 is 19.9 Å². The summed E-state index contributed by atoms with van der Waals surface area (Å²) in [5.74, 6) is -2.33. The molecule has 0 saturated carbocycles. The molecule has 1 aromatic carbocycles. The lowest BCUT2D eigenvalue weighted by Crippen LogP contribution is -2.44. The number of phenols is 1. The highest BCUT2D eigenvalue weighted by Crippen LogP contribution is 2.32. The quantitative estimate of drug-likeness (QED) is 0.209. The van der Waals surface area contributed by atoms with Crippen molar-refractivity contribution in [3.05, 3.63) is 33.4 Å². The van der Waals surface area contributed by atoms with Crippen molar-refractivity contribution >= 4 is 58.3 Å². The Kier molecular flexibility index (Phi) is 8.28. The van der Waals surface area contributed by atoms with Crippen molar-refractivity contribution in [3.63, 3.8) is 0 Å². The summed E-state index contributed by atoms with van der Waals surface area (Å²) in [4.78, 5) is 45.6. The van der Waals surface area contributed by atoms with E-state index in [0.717, 1.165) is 26.2 Å². The Bertz CT molecular complexity index is 759. The SMILES string of the molecule is COC(=O)[C@H](Cc1cc(C(C)=O)c(O)c([N+](=O)[O-])c1)NC(=O)OCC(Cl)(Cl)Cl. The third kappa shape index (κ3) is 7.02. The van der Waals surface area contributed by atoms with Gasteiger partial charge in [0.25, 0.3) is 0 Å². The van der Waals surface area contributed by atoms with Crippen LogP contribution < -0.4 is 5.32 Å². The zero-order valence-electron chi connectivity index (χ0n) is 14.5. The minimum Gasteiger partial charge on any atom is -0.502 e. The highest BCUT2D eigenvalue weighted by atomic mass is 35.6. The van der Waals surface area contributed by atoms with Gasteiger partial charge in [0, 0.05) is 12.5 Å². The number of ether oxygens (including phenoxy) is 2. The summed E-state index contributed by atoms with van der Waals surface area (Å²) in [5.41, 5.74) is -0.941. The molecule has 154 valence electrons. The molecule has 0 aliphatic rings. The van der Waals surface area contributed by atoms with E-state index in [1.165, 1.54) is 0 Å². The van der Waals surface area contributed by atoms with E-state index < -0.39 is 50.6 Å². The molecule has 0 spiro atoms. The zero-order chi connectivity index (χ0) is 21.6. The van der Waals surface area contributed by atoms with Crippen LogP contribution in [0.15, 0.2) is 12.1 Å². The van der Waals surface area contributed by atoms with Gasteiger partial charge in [0.15, 0.2) is 5.78 Å². The van der Waals surface area contributed by atoms with Gasteiger partial charge in [-0.3, -0.25) is 14.9 Å². The number of esters is 1. The number of ketones is 1. The Hall–Kier alpha value is -2.30. The second kappa shape index (κ2) is 9.76. The molecule has 0 bridgehead atoms. The first-order chi connectivity index (χ1) is 12.9. The normalized spacial score (nSPS) is 12.0. The van der Waals surface area contributed by atoms with Crippen LogP contribution in [-0.4, -0.2) is 51.4 Å². The third-order valence-electron chi connectivity index (χ3n) is 3.31. The molecule has 0 fully saturated rings. The fourth-order valence-electron chi connectivity index (χ4n) is 2.11. The number of carbonyl (C=O) groups excluding carboxylic acids is 3. The van der Waals surface area contributed by atoms with E-state index in [0.29, 0.717) is 0 Å². The largest absolute Gasteiger partial charge is 0.502 e. The molecule has 1 amide bonds. The maximum absolute atomic E-state index is 11.9. The van der Waals surface area contributed by atoms with Crippen molar-refractivity contribution in [2.75, 3.05) is 13.7 Å². The van der Waals surface area contributed by atoms with E-state index in [1.54, 1.807) is 0 Å². The van der Waals surface area contributed by atoms with Gasteiger partial charge in [-0.05, 0) is 18.6 Å². The number of amides is 1. The summed E-state index contributed by atoms with van der Waals surface area (Å²) in [7, 11) is 1.06. The average molecular weight is 458 g/mol. The number of hydrogen-bond acceptors (Lipinski definition) is 8. The Morgan fingerprint density at radius 1 is 1.32 bits per heavy atom. The Morgan fingerprint density at radius 2 is 1.93 bits per heavy atom. The van der Waals surface area contributed by atoms with Gasteiger partial charge in [-0.15, -0.1) is 0 Å². The number of nitro groups is 1.